The largest absolute Gasteiger partial charge is 0.463 e. The summed E-state index contributed by atoms with van der Waals surface area (Å²) in [6.45, 7) is 2.89. The summed E-state index contributed by atoms with van der Waals surface area (Å²) in [5, 5.41) is 81.3. The molecule has 0 radical (unpaired) electrons. The number of hydrogen-bond acceptors (Lipinski definition) is 32. The molecule has 108 heavy (non-hydrogen) atoms. The molecule has 1 aromatic carbocycles. The average molecular weight is 1550 g/mol. The highest BCUT2D eigenvalue weighted by molar-refractivity contribution is 5.78. The molecule has 7 amide bonds. The molecule has 3 heterocycles. The lowest BCUT2D eigenvalue weighted by Crippen LogP contribution is -2.62. The number of nitrogens with one attached hydrogen (secondary N) is 7. The van der Waals surface area contributed by atoms with Gasteiger partial charge in [-0.1, -0.05) is 30.3 Å². The van der Waals surface area contributed by atoms with E-state index in [4.69, 9.17) is 78.8 Å². The number of benzene rings is 1. The van der Waals surface area contributed by atoms with Crippen LogP contribution in [0.15, 0.2) is 30.3 Å². The van der Waals surface area contributed by atoms with Gasteiger partial charge in [-0.05, 0) is 63.4 Å². The van der Waals surface area contributed by atoms with E-state index in [1.807, 2.05) is 0 Å². The number of aliphatic hydroxyl groups is 6. The summed E-state index contributed by atoms with van der Waals surface area (Å²) in [6.07, 6.45) is -11.8. The fourth-order valence-corrected chi connectivity index (χ4v) is 10.7. The number of alkyl carbamates (subject to hydrolysis) is 1. The van der Waals surface area contributed by atoms with Crippen molar-refractivity contribution in [1.82, 2.24) is 37.2 Å². The van der Waals surface area contributed by atoms with Crippen LogP contribution in [0.3, 0.4) is 0 Å². The first-order valence-corrected chi connectivity index (χ1v) is 36.6. The van der Waals surface area contributed by atoms with Crippen molar-refractivity contribution in [2.75, 3.05) is 119 Å². The van der Waals surface area contributed by atoms with Crippen molar-refractivity contribution in [2.24, 2.45) is 17.2 Å². The lowest BCUT2D eigenvalue weighted by atomic mass is 9.98. The van der Waals surface area contributed by atoms with Gasteiger partial charge in [0.2, 0.25) is 35.4 Å². The molecule has 39 heteroatoms. The molecule has 3 fully saturated rings. The van der Waals surface area contributed by atoms with Crippen LogP contribution in [-0.4, -0.2) is 306 Å². The predicted molar refractivity (Wildman–Crippen MR) is 376 cm³/mol. The molecule has 0 saturated carbocycles. The Morgan fingerprint density at radius 1 is 0.380 bits per heavy atom. The third kappa shape index (κ3) is 38.1. The molecule has 4 rings (SSSR count). The summed E-state index contributed by atoms with van der Waals surface area (Å²) in [5.41, 5.74) is 17.1. The van der Waals surface area contributed by atoms with Crippen molar-refractivity contribution < 1.29 is 140 Å². The molecule has 3 saturated heterocycles. The summed E-state index contributed by atoms with van der Waals surface area (Å²) in [7, 11) is 0. The number of rotatable bonds is 54. The quantitative estimate of drug-likeness (QED) is 0.0166. The van der Waals surface area contributed by atoms with Gasteiger partial charge < -0.3 is 147 Å². The second-order valence-electron chi connectivity index (χ2n) is 26.2. The molecule has 616 valence electrons. The fraction of sp³-hybridized carbons (Fsp3) is 0.768. The van der Waals surface area contributed by atoms with Crippen LogP contribution in [0.5, 0.6) is 0 Å². The van der Waals surface area contributed by atoms with Gasteiger partial charge in [0.1, 0.15) is 86.9 Å². The van der Waals surface area contributed by atoms with E-state index in [0.29, 0.717) is 63.4 Å². The molecule has 1 aromatic rings. The Bertz CT molecular complexity index is 2580. The third-order valence-corrected chi connectivity index (χ3v) is 17.0. The molecule has 6 unspecified atom stereocenters. The first-order chi connectivity index (χ1) is 51.7. The summed E-state index contributed by atoms with van der Waals surface area (Å²) >= 11 is 0. The number of nitrogens with two attached hydrogens (primary N) is 3. The fourth-order valence-electron chi connectivity index (χ4n) is 10.7. The van der Waals surface area contributed by atoms with E-state index in [9.17, 15) is 78.6 Å². The lowest BCUT2D eigenvalue weighted by Gasteiger charge is -2.40. The van der Waals surface area contributed by atoms with Gasteiger partial charge in [-0.2, -0.15) is 0 Å². The molecule has 0 spiro atoms. The van der Waals surface area contributed by atoms with Crippen LogP contribution in [0.4, 0.5) is 4.79 Å². The molecule has 15 atom stereocenters. The van der Waals surface area contributed by atoms with Crippen molar-refractivity contribution in [3.8, 4) is 0 Å². The van der Waals surface area contributed by atoms with Gasteiger partial charge in [-0.25, -0.2) is 4.79 Å². The average Bonchev–Trinajstić information content (AvgIpc) is 0.827. The third-order valence-electron chi connectivity index (χ3n) is 17.0. The van der Waals surface area contributed by atoms with E-state index >= 15 is 0 Å². The van der Waals surface area contributed by atoms with E-state index in [1.54, 1.807) is 30.3 Å². The minimum absolute atomic E-state index is 0.119. The minimum Gasteiger partial charge on any atom is -0.463 e. The Balaban J connectivity index is 1.22. The van der Waals surface area contributed by atoms with E-state index in [1.165, 1.54) is 20.8 Å². The van der Waals surface area contributed by atoms with Gasteiger partial charge in [-0.15, -0.1) is 0 Å². The van der Waals surface area contributed by atoms with Crippen molar-refractivity contribution in [3.05, 3.63) is 35.9 Å². The zero-order valence-electron chi connectivity index (χ0n) is 61.9. The Morgan fingerprint density at radius 2 is 0.667 bits per heavy atom. The highest BCUT2D eigenvalue weighted by Gasteiger charge is 2.46. The maximum atomic E-state index is 13.6. The van der Waals surface area contributed by atoms with E-state index < -0.39 is 121 Å². The van der Waals surface area contributed by atoms with Gasteiger partial charge in [-0.3, -0.25) is 43.2 Å². The second kappa shape index (κ2) is 53.0. The molecular formula is C69H116N10O29. The topological polar surface area (TPSA) is 574 Å². The highest BCUT2D eigenvalue weighted by atomic mass is 16.7. The number of aliphatic hydroxyl groups excluding tert-OH is 6. The van der Waals surface area contributed by atoms with Crippen LogP contribution in [0.2, 0.25) is 0 Å². The van der Waals surface area contributed by atoms with E-state index in [-0.39, 0.29) is 199 Å². The van der Waals surface area contributed by atoms with Crippen LogP contribution in [-0.2, 0) is 111 Å². The van der Waals surface area contributed by atoms with Gasteiger partial charge >= 0.3 is 24.0 Å². The van der Waals surface area contributed by atoms with Crippen molar-refractivity contribution in [1.29, 1.82) is 0 Å². The van der Waals surface area contributed by atoms with Crippen molar-refractivity contribution in [3.63, 3.8) is 0 Å². The van der Waals surface area contributed by atoms with E-state index in [0.717, 1.165) is 0 Å². The summed E-state index contributed by atoms with van der Waals surface area (Å²) in [5.74, 6) is -3.65. The molecule has 19 N–H and O–H groups in total. The van der Waals surface area contributed by atoms with Crippen LogP contribution < -0.4 is 54.4 Å². The molecule has 0 aliphatic carbocycles. The molecule has 39 nitrogen and oxygen atoms in total. The Hall–Kier alpha value is -7.00. The standard InChI is InChI=1S/C69H116N10O29/c1-43(80)102-37-47-59(89)62(92)56(70)65(106-47)99-30-10-7-18-50(83)73-24-13-27-76-53(86)21-33-96-40-69(79-68(95)105-36-46-16-5-4-6-17-46,41-97-34-22-54(87)77-28-14-25-74-51(84)19-8-11-31-100-66-57(71)63(93)60(90)48(107-66)38-103-44(2)81)42-98-35-23-55(88)78-29-15-26-75-52(85)20-9-12-32-101-67-58(72)64(94)61(91)49(108-67)39-104-45(3)82/h4-6,16-17,47-49,56-67,89-94H,7-15,18-42,70-72H2,1-3H3,(H,73,83)(H,74,84)(H,75,85)(H,76,86)(H,77,87)(H,78,88)(H,79,95)/t47?,48?,49?,56-,57-,58-,59-,60-,61-,62?,63?,64?,65+,66+,67+,69?/m0/s1. The summed E-state index contributed by atoms with van der Waals surface area (Å²) < 4.78 is 72.2. The number of esters is 3. The molecule has 3 aliphatic rings. The Morgan fingerprint density at radius 3 is 0.954 bits per heavy atom. The smallest absolute Gasteiger partial charge is 0.408 e. The zero-order valence-corrected chi connectivity index (χ0v) is 61.9. The second-order valence-corrected chi connectivity index (χ2v) is 26.2. The number of ether oxygens (including phenoxy) is 13. The molecule has 3 aliphatic heterocycles. The number of hydrogen-bond donors (Lipinski definition) is 16. The van der Waals surface area contributed by atoms with Gasteiger partial charge in [0.25, 0.3) is 0 Å². The number of carbonyl (C=O) groups is 10. The Labute approximate surface area is 627 Å². The maximum absolute atomic E-state index is 13.6. The van der Waals surface area contributed by atoms with Gasteiger partial charge in [0, 0.05) is 118 Å². The van der Waals surface area contributed by atoms with Crippen LogP contribution in [0, 0.1) is 0 Å². The molecule has 0 bridgehead atoms. The van der Waals surface area contributed by atoms with Gasteiger partial charge in [0.15, 0.2) is 18.9 Å². The molecular weight excluding hydrogens is 1430 g/mol. The number of amides is 7. The van der Waals surface area contributed by atoms with Gasteiger partial charge in [0.05, 0.1) is 57.8 Å². The van der Waals surface area contributed by atoms with Crippen LogP contribution >= 0.6 is 0 Å². The lowest BCUT2D eigenvalue weighted by molar-refractivity contribution is -0.267. The normalized spacial score (nSPS) is 24.5. The van der Waals surface area contributed by atoms with Crippen molar-refractivity contribution in [2.45, 2.75) is 221 Å². The predicted octanol–water partition coefficient (Wildman–Crippen LogP) is -4.69. The highest BCUT2D eigenvalue weighted by Crippen LogP contribution is 2.25. The first-order valence-electron chi connectivity index (χ1n) is 36.6. The maximum Gasteiger partial charge on any atom is 0.408 e. The summed E-state index contributed by atoms with van der Waals surface area (Å²) in [6, 6.07) is 5.64. The Kier molecular flexibility index (Phi) is 45.8. The SMILES string of the molecule is CC(=O)OCC1O[C@@H](OCCCCC(=O)NCCCNC(=O)CCOCC(COCCC(=O)NCCCNC(=O)CCCCO[C@@H]2OC(COC(C)=O)[C@H](O)C(O)[C@@H]2N)(COCCC(=O)NCCCNC(=O)CCCCO[C@@H]2OC(COC(C)=O)[C@H](O)C(O)[C@@H]2N)NC(=O)OCc2ccccc2)[C@@H](N)C(O)[C@H]1O. The van der Waals surface area contributed by atoms with E-state index in [2.05, 4.69) is 37.2 Å². The summed E-state index contributed by atoms with van der Waals surface area (Å²) in [4.78, 5) is 124. The van der Waals surface area contributed by atoms with Crippen LogP contribution in [0.1, 0.15) is 123 Å². The molecule has 0 aromatic heterocycles. The first kappa shape index (κ1) is 93.4. The van der Waals surface area contributed by atoms with Crippen molar-refractivity contribution >= 4 is 59.4 Å². The van der Waals surface area contributed by atoms with Crippen LogP contribution in [0.25, 0.3) is 0 Å². The number of carbonyl (C=O) groups excluding carboxylic acids is 10. The monoisotopic (exact) mass is 1550 g/mol. The zero-order chi connectivity index (χ0) is 79.2. The number of unbranched alkanes of at least 4 members (excludes halogenated alkanes) is 3. The minimum atomic E-state index is -1.54.